The van der Waals surface area contributed by atoms with Crippen molar-refractivity contribution in [2.75, 3.05) is 0 Å². The van der Waals surface area contributed by atoms with Crippen molar-refractivity contribution in [2.24, 2.45) is 0 Å². The van der Waals surface area contributed by atoms with E-state index in [9.17, 15) is 0 Å². The van der Waals surface area contributed by atoms with Gasteiger partial charge in [0.15, 0.2) is 4.34 Å². The van der Waals surface area contributed by atoms with Gasteiger partial charge in [-0.2, -0.15) is 0 Å². The Labute approximate surface area is 141 Å². The summed E-state index contributed by atoms with van der Waals surface area (Å²) in [7, 11) is 0. The molecule has 0 unspecified atom stereocenters. The Kier molecular flexibility index (Phi) is 4.81. The number of ether oxygens (including phenoxy) is 1. The molecule has 0 saturated carbocycles. The van der Waals surface area contributed by atoms with Crippen LogP contribution in [-0.4, -0.2) is 21.3 Å². The van der Waals surface area contributed by atoms with Gasteiger partial charge < -0.3 is 4.74 Å². The van der Waals surface area contributed by atoms with Gasteiger partial charge in [0.2, 0.25) is 0 Å². The highest BCUT2D eigenvalue weighted by Gasteiger charge is 2.10. The molecule has 22 heavy (non-hydrogen) atoms. The fraction of sp³-hybridized carbons (Fsp3) is 0.267. The molecule has 2 aromatic heterocycles. The van der Waals surface area contributed by atoms with Gasteiger partial charge in [0.05, 0.1) is 11.6 Å². The van der Waals surface area contributed by atoms with Crippen molar-refractivity contribution in [2.45, 2.75) is 30.0 Å². The van der Waals surface area contributed by atoms with Crippen LogP contribution in [0.25, 0.3) is 10.9 Å². The quantitative estimate of drug-likeness (QED) is 0.617. The lowest BCUT2D eigenvalue weighted by atomic mass is 10.1. The molecule has 0 bridgehead atoms. The molecule has 0 aliphatic heterocycles. The molecule has 2 heterocycles. The van der Waals surface area contributed by atoms with Gasteiger partial charge in [-0.1, -0.05) is 34.5 Å². The molecule has 0 saturated heterocycles. The Balaban J connectivity index is 1.77. The Hall–Kier alpha value is -1.37. The maximum atomic E-state index is 6.21. The third-order valence-corrected chi connectivity index (χ3v) is 5.20. The van der Waals surface area contributed by atoms with Crippen molar-refractivity contribution in [3.63, 3.8) is 0 Å². The van der Waals surface area contributed by atoms with Crippen LogP contribution >= 0.6 is 34.7 Å². The van der Waals surface area contributed by atoms with Crippen LogP contribution in [-0.2, 0) is 5.75 Å². The number of aromatic nitrogens is 3. The topological polar surface area (TPSA) is 47.9 Å². The standard InChI is InChI=1S/C15H14ClN3OS2/c1-9(2)20-14-18-19-15(22-14)21-8-10-5-6-12(16)11-4-3-7-17-13(10)11/h3-7,9H,8H2,1-2H3. The maximum absolute atomic E-state index is 6.21. The summed E-state index contributed by atoms with van der Waals surface area (Å²) in [6, 6.07) is 7.80. The number of hydrogen-bond acceptors (Lipinski definition) is 6. The molecule has 0 aliphatic carbocycles. The largest absolute Gasteiger partial charge is 0.466 e. The molecule has 1 aromatic carbocycles. The van der Waals surface area contributed by atoms with Gasteiger partial charge >= 0.3 is 0 Å². The van der Waals surface area contributed by atoms with Crippen molar-refractivity contribution in [3.8, 4) is 5.19 Å². The summed E-state index contributed by atoms with van der Waals surface area (Å²) in [5, 5.41) is 10.5. The van der Waals surface area contributed by atoms with E-state index in [1.165, 1.54) is 11.3 Å². The predicted molar refractivity (Wildman–Crippen MR) is 92.0 cm³/mol. The van der Waals surface area contributed by atoms with Crippen molar-refractivity contribution in [3.05, 3.63) is 41.0 Å². The Morgan fingerprint density at radius 3 is 2.95 bits per heavy atom. The maximum Gasteiger partial charge on any atom is 0.295 e. The van der Waals surface area contributed by atoms with E-state index in [4.69, 9.17) is 16.3 Å². The van der Waals surface area contributed by atoms with Crippen LogP contribution in [0.1, 0.15) is 19.4 Å². The van der Waals surface area contributed by atoms with E-state index in [1.54, 1.807) is 18.0 Å². The molecule has 4 nitrogen and oxygen atoms in total. The third-order valence-electron chi connectivity index (χ3n) is 2.88. The van der Waals surface area contributed by atoms with Crippen LogP contribution < -0.4 is 4.74 Å². The number of halogens is 1. The SMILES string of the molecule is CC(C)Oc1nnc(SCc2ccc(Cl)c3cccnc23)s1. The van der Waals surface area contributed by atoms with E-state index >= 15 is 0 Å². The highest BCUT2D eigenvalue weighted by molar-refractivity contribution is 8.00. The lowest BCUT2D eigenvalue weighted by Gasteiger charge is -2.05. The second kappa shape index (κ2) is 6.81. The molecular formula is C15H14ClN3OS2. The summed E-state index contributed by atoms with van der Waals surface area (Å²) in [6.07, 6.45) is 1.89. The van der Waals surface area contributed by atoms with E-state index < -0.39 is 0 Å². The van der Waals surface area contributed by atoms with Crippen LogP contribution in [0.5, 0.6) is 5.19 Å². The van der Waals surface area contributed by atoms with Crippen molar-refractivity contribution in [1.82, 2.24) is 15.2 Å². The zero-order chi connectivity index (χ0) is 15.5. The highest BCUT2D eigenvalue weighted by Crippen LogP contribution is 2.33. The lowest BCUT2D eigenvalue weighted by molar-refractivity contribution is 0.239. The van der Waals surface area contributed by atoms with Crippen molar-refractivity contribution in [1.29, 1.82) is 0 Å². The van der Waals surface area contributed by atoms with Crippen molar-refractivity contribution >= 4 is 45.6 Å². The highest BCUT2D eigenvalue weighted by atomic mass is 35.5. The molecule has 0 atom stereocenters. The zero-order valence-electron chi connectivity index (χ0n) is 12.1. The average molecular weight is 352 g/mol. The Morgan fingerprint density at radius 2 is 2.14 bits per heavy atom. The first-order chi connectivity index (χ1) is 10.6. The molecular weight excluding hydrogens is 338 g/mol. The molecule has 0 fully saturated rings. The van der Waals surface area contributed by atoms with Gasteiger partial charge in [-0.05, 0) is 48.9 Å². The number of fused-ring (bicyclic) bond motifs is 1. The first kappa shape index (κ1) is 15.5. The molecule has 3 rings (SSSR count). The molecule has 0 spiro atoms. The normalized spacial score (nSPS) is 11.3. The van der Waals surface area contributed by atoms with E-state index in [2.05, 4.69) is 15.2 Å². The summed E-state index contributed by atoms with van der Waals surface area (Å²) in [6.45, 7) is 3.94. The lowest BCUT2D eigenvalue weighted by Crippen LogP contribution is -2.04. The molecule has 0 amide bonds. The number of nitrogens with zero attached hydrogens (tertiary/aromatic N) is 3. The van der Waals surface area contributed by atoms with E-state index in [0.717, 1.165) is 31.6 Å². The average Bonchev–Trinajstić information content (AvgIpc) is 2.94. The fourth-order valence-electron chi connectivity index (χ4n) is 1.96. The number of rotatable bonds is 5. The van der Waals surface area contributed by atoms with Crippen LogP contribution in [0.2, 0.25) is 5.02 Å². The fourth-order valence-corrected chi connectivity index (χ4v) is 3.96. The van der Waals surface area contributed by atoms with Gasteiger partial charge in [-0.15, -0.1) is 5.10 Å². The summed E-state index contributed by atoms with van der Waals surface area (Å²) in [4.78, 5) is 4.44. The number of benzene rings is 1. The second-order valence-electron chi connectivity index (χ2n) is 4.90. The van der Waals surface area contributed by atoms with Crippen LogP contribution in [0.15, 0.2) is 34.8 Å². The molecule has 3 aromatic rings. The Morgan fingerprint density at radius 1 is 1.27 bits per heavy atom. The zero-order valence-corrected chi connectivity index (χ0v) is 14.5. The first-order valence-electron chi connectivity index (χ1n) is 6.78. The predicted octanol–water partition coefficient (Wildman–Crippen LogP) is 4.82. The minimum absolute atomic E-state index is 0.107. The van der Waals surface area contributed by atoms with Crippen LogP contribution in [0.3, 0.4) is 0 Å². The molecule has 114 valence electrons. The monoisotopic (exact) mass is 351 g/mol. The number of hydrogen-bond donors (Lipinski definition) is 0. The van der Waals surface area contributed by atoms with Crippen molar-refractivity contribution < 1.29 is 4.74 Å². The van der Waals surface area contributed by atoms with Gasteiger partial charge in [0.1, 0.15) is 0 Å². The van der Waals surface area contributed by atoms with E-state index in [0.29, 0.717) is 5.19 Å². The number of pyridine rings is 1. The van der Waals surface area contributed by atoms with Gasteiger partial charge in [0, 0.05) is 22.4 Å². The van der Waals surface area contributed by atoms with Crippen LogP contribution in [0, 0.1) is 0 Å². The second-order valence-corrected chi connectivity index (χ2v) is 7.46. The first-order valence-corrected chi connectivity index (χ1v) is 8.96. The third kappa shape index (κ3) is 3.51. The summed E-state index contributed by atoms with van der Waals surface area (Å²) >= 11 is 9.30. The molecule has 0 aliphatic rings. The summed E-state index contributed by atoms with van der Waals surface area (Å²) in [5.41, 5.74) is 2.07. The van der Waals surface area contributed by atoms with E-state index in [-0.39, 0.29) is 6.10 Å². The molecule has 0 N–H and O–H groups in total. The van der Waals surface area contributed by atoms with Gasteiger partial charge in [0.25, 0.3) is 5.19 Å². The number of thioether (sulfide) groups is 1. The summed E-state index contributed by atoms with van der Waals surface area (Å²) in [5.74, 6) is 0.765. The van der Waals surface area contributed by atoms with E-state index in [1.807, 2.05) is 38.1 Å². The molecule has 0 radical (unpaired) electrons. The van der Waals surface area contributed by atoms with Gasteiger partial charge in [-0.3, -0.25) is 4.98 Å². The smallest absolute Gasteiger partial charge is 0.295 e. The minimum Gasteiger partial charge on any atom is -0.466 e. The minimum atomic E-state index is 0.107. The molecule has 7 heteroatoms. The van der Waals surface area contributed by atoms with Crippen LogP contribution in [0.4, 0.5) is 0 Å². The summed E-state index contributed by atoms with van der Waals surface area (Å²) < 4.78 is 6.42. The Bertz CT molecular complexity index is 791. The van der Waals surface area contributed by atoms with Gasteiger partial charge in [-0.25, -0.2) is 0 Å².